The van der Waals surface area contributed by atoms with Gasteiger partial charge in [0.25, 0.3) is 0 Å². The van der Waals surface area contributed by atoms with Crippen LogP contribution in [0.4, 0.5) is 13.2 Å². The molecular weight excluding hydrogens is 223 g/mol. The van der Waals surface area contributed by atoms with E-state index in [4.69, 9.17) is 4.74 Å². The summed E-state index contributed by atoms with van der Waals surface area (Å²) in [4.78, 5) is 0. The first-order chi connectivity index (χ1) is 7.39. The number of alkyl halides is 3. The van der Waals surface area contributed by atoms with Gasteiger partial charge in [0.05, 0.1) is 6.61 Å². The molecule has 0 aliphatic heterocycles. The van der Waals surface area contributed by atoms with Crippen LogP contribution in [0.25, 0.3) is 0 Å². The van der Waals surface area contributed by atoms with Gasteiger partial charge in [-0.05, 0) is 25.7 Å². The zero-order valence-electron chi connectivity index (χ0n) is 9.31. The molecule has 96 valence electrons. The summed E-state index contributed by atoms with van der Waals surface area (Å²) < 4.78 is 42.2. The molecule has 2 N–H and O–H groups in total. The molecule has 3 nitrogen and oxygen atoms in total. The summed E-state index contributed by atoms with van der Waals surface area (Å²) in [6, 6.07) is 0.0535. The maximum absolute atomic E-state index is 12.5. The second-order valence-corrected chi connectivity index (χ2v) is 4.25. The van der Waals surface area contributed by atoms with E-state index in [0.29, 0.717) is 26.0 Å². The third-order valence-corrected chi connectivity index (χ3v) is 3.08. The average molecular weight is 241 g/mol. The van der Waals surface area contributed by atoms with Crippen LogP contribution in [0.2, 0.25) is 0 Å². The van der Waals surface area contributed by atoms with Crippen molar-refractivity contribution >= 4 is 0 Å². The standard InChI is InChI=1S/C10H18F3NO2/c1-16-7-6-14-8-2-4-9(15,5-3-8)10(11,12)13/h8,14-15H,2-7H2,1H3. The van der Waals surface area contributed by atoms with Crippen LogP contribution >= 0.6 is 0 Å². The van der Waals surface area contributed by atoms with Crippen LogP contribution in [0.3, 0.4) is 0 Å². The topological polar surface area (TPSA) is 41.5 Å². The quantitative estimate of drug-likeness (QED) is 0.732. The molecule has 0 heterocycles. The van der Waals surface area contributed by atoms with Crippen molar-refractivity contribution in [2.45, 2.75) is 43.5 Å². The summed E-state index contributed by atoms with van der Waals surface area (Å²) in [5, 5.41) is 12.5. The Balaban J connectivity index is 2.33. The van der Waals surface area contributed by atoms with Crippen LogP contribution < -0.4 is 5.32 Å². The number of ether oxygens (including phenoxy) is 1. The molecule has 0 amide bonds. The molecule has 1 aliphatic carbocycles. The number of nitrogens with one attached hydrogen (secondary N) is 1. The Bertz CT molecular complexity index is 213. The Morgan fingerprint density at radius 3 is 2.38 bits per heavy atom. The molecule has 6 heteroatoms. The summed E-state index contributed by atoms with van der Waals surface area (Å²) in [6.07, 6.45) is -4.26. The van der Waals surface area contributed by atoms with Crippen molar-refractivity contribution in [1.82, 2.24) is 5.32 Å². The second kappa shape index (κ2) is 5.33. The minimum absolute atomic E-state index is 0.0535. The number of hydrogen-bond donors (Lipinski definition) is 2. The fourth-order valence-corrected chi connectivity index (χ4v) is 1.95. The van der Waals surface area contributed by atoms with Crippen LogP contribution in [-0.4, -0.2) is 43.2 Å². The van der Waals surface area contributed by atoms with Gasteiger partial charge in [-0.25, -0.2) is 0 Å². The van der Waals surface area contributed by atoms with Crippen LogP contribution in [0.1, 0.15) is 25.7 Å². The van der Waals surface area contributed by atoms with Gasteiger partial charge in [-0.1, -0.05) is 0 Å². The minimum Gasteiger partial charge on any atom is -0.383 e. The first-order valence-electron chi connectivity index (χ1n) is 5.40. The highest BCUT2D eigenvalue weighted by Gasteiger charge is 2.54. The van der Waals surface area contributed by atoms with Crippen molar-refractivity contribution in [3.05, 3.63) is 0 Å². The normalized spacial score (nSPS) is 31.7. The number of halogens is 3. The van der Waals surface area contributed by atoms with E-state index >= 15 is 0 Å². The maximum atomic E-state index is 12.5. The van der Waals surface area contributed by atoms with Gasteiger partial charge in [0.15, 0.2) is 5.60 Å². The molecule has 0 bridgehead atoms. The Hall–Kier alpha value is -0.330. The number of methoxy groups -OCH3 is 1. The van der Waals surface area contributed by atoms with Gasteiger partial charge in [0.2, 0.25) is 0 Å². The highest BCUT2D eigenvalue weighted by molar-refractivity contribution is 4.93. The van der Waals surface area contributed by atoms with Gasteiger partial charge in [0.1, 0.15) is 0 Å². The Kier molecular flexibility index (Phi) is 4.58. The van der Waals surface area contributed by atoms with Gasteiger partial charge < -0.3 is 15.2 Å². The van der Waals surface area contributed by atoms with Gasteiger partial charge >= 0.3 is 6.18 Å². The molecule has 0 aromatic rings. The number of hydrogen-bond acceptors (Lipinski definition) is 3. The van der Waals surface area contributed by atoms with E-state index in [1.165, 1.54) is 0 Å². The van der Waals surface area contributed by atoms with Crippen molar-refractivity contribution in [1.29, 1.82) is 0 Å². The summed E-state index contributed by atoms with van der Waals surface area (Å²) in [5.41, 5.74) is -2.48. The zero-order chi connectivity index (χ0) is 12.2. The van der Waals surface area contributed by atoms with Crippen LogP contribution in [-0.2, 0) is 4.74 Å². The molecule has 0 aromatic heterocycles. The van der Waals surface area contributed by atoms with E-state index < -0.39 is 11.8 Å². The van der Waals surface area contributed by atoms with Crippen molar-refractivity contribution in [3.8, 4) is 0 Å². The third kappa shape index (κ3) is 3.33. The summed E-state index contributed by atoms with van der Waals surface area (Å²) in [5.74, 6) is 0. The summed E-state index contributed by atoms with van der Waals surface area (Å²) in [7, 11) is 1.57. The fourth-order valence-electron chi connectivity index (χ4n) is 1.95. The van der Waals surface area contributed by atoms with Crippen molar-refractivity contribution in [2.75, 3.05) is 20.3 Å². The van der Waals surface area contributed by atoms with Gasteiger partial charge in [-0.15, -0.1) is 0 Å². The Morgan fingerprint density at radius 2 is 1.94 bits per heavy atom. The van der Waals surface area contributed by atoms with Crippen LogP contribution in [0.15, 0.2) is 0 Å². The maximum Gasteiger partial charge on any atom is 0.417 e. The van der Waals surface area contributed by atoms with Gasteiger partial charge in [-0.2, -0.15) is 13.2 Å². The van der Waals surface area contributed by atoms with Crippen LogP contribution in [0.5, 0.6) is 0 Å². The highest BCUT2D eigenvalue weighted by atomic mass is 19.4. The van der Waals surface area contributed by atoms with Crippen molar-refractivity contribution < 1.29 is 23.0 Å². The van der Waals surface area contributed by atoms with E-state index in [9.17, 15) is 18.3 Å². The first kappa shape index (κ1) is 13.7. The molecule has 16 heavy (non-hydrogen) atoms. The lowest BCUT2D eigenvalue weighted by Crippen LogP contribution is -2.50. The zero-order valence-corrected chi connectivity index (χ0v) is 9.31. The Morgan fingerprint density at radius 1 is 1.38 bits per heavy atom. The summed E-state index contributed by atoms with van der Waals surface area (Å²) >= 11 is 0. The number of rotatable bonds is 4. The van der Waals surface area contributed by atoms with Gasteiger partial charge in [-0.3, -0.25) is 0 Å². The third-order valence-electron chi connectivity index (χ3n) is 3.08. The average Bonchev–Trinajstić information content (AvgIpc) is 2.20. The smallest absolute Gasteiger partial charge is 0.383 e. The SMILES string of the molecule is COCCNC1CCC(O)(C(F)(F)F)CC1. The predicted octanol–water partition coefficient (Wildman–Crippen LogP) is 1.46. The van der Waals surface area contributed by atoms with E-state index in [-0.39, 0.29) is 18.9 Å². The second-order valence-electron chi connectivity index (χ2n) is 4.25. The largest absolute Gasteiger partial charge is 0.417 e. The molecular formula is C10H18F3NO2. The van der Waals surface area contributed by atoms with Crippen molar-refractivity contribution in [3.63, 3.8) is 0 Å². The molecule has 1 saturated carbocycles. The predicted molar refractivity (Wildman–Crippen MR) is 53.1 cm³/mol. The molecule has 0 atom stereocenters. The molecule has 0 aromatic carbocycles. The first-order valence-corrected chi connectivity index (χ1v) is 5.40. The van der Waals surface area contributed by atoms with E-state index in [1.54, 1.807) is 7.11 Å². The Labute approximate surface area is 93.0 Å². The lowest BCUT2D eigenvalue weighted by molar-refractivity contribution is -0.270. The number of aliphatic hydroxyl groups is 1. The molecule has 0 radical (unpaired) electrons. The minimum atomic E-state index is -4.51. The fraction of sp³-hybridized carbons (Fsp3) is 1.00. The summed E-state index contributed by atoms with van der Waals surface area (Å²) in [6.45, 7) is 1.17. The molecule has 0 saturated heterocycles. The van der Waals surface area contributed by atoms with Crippen molar-refractivity contribution in [2.24, 2.45) is 0 Å². The molecule has 0 spiro atoms. The highest BCUT2D eigenvalue weighted by Crippen LogP contribution is 2.41. The van der Waals surface area contributed by atoms with E-state index in [1.807, 2.05) is 0 Å². The lowest BCUT2D eigenvalue weighted by Gasteiger charge is -2.37. The van der Waals surface area contributed by atoms with E-state index in [2.05, 4.69) is 5.32 Å². The monoisotopic (exact) mass is 241 g/mol. The molecule has 1 fully saturated rings. The molecule has 0 unspecified atom stereocenters. The molecule has 1 aliphatic rings. The van der Waals surface area contributed by atoms with Gasteiger partial charge in [0, 0.05) is 19.7 Å². The molecule has 1 rings (SSSR count). The van der Waals surface area contributed by atoms with Crippen LogP contribution in [0, 0.1) is 0 Å². The van der Waals surface area contributed by atoms with E-state index in [0.717, 1.165) is 0 Å². The lowest BCUT2D eigenvalue weighted by atomic mass is 9.81.